The summed E-state index contributed by atoms with van der Waals surface area (Å²) in [6, 6.07) is 10.3. The number of carbonyl (C=O) groups is 1. The summed E-state index contributed by atoms with van der Waals surface area (Å²) >= 11 is 1.34. The number of methoxy groups -OCH3 is 3. The number of amides is 1. The number of aliphatic imine (C=N–C) groups is 1. The smallest absolute Gasteiger partial charge is 0.286 e. The largest absolute Gasteiger partial charge is 0.493 e. The van der Waals surface area contributed by atoms with E-state index in [1.807, 2.05) is 11.0 Å². The van der Waals surface area contributed by atoms with Crippen LogP contribution in [0.1, 0.15) is 5.56 Å². The van der Waals surface area contributed by atoms with Gasteiger partial charge in [-0.25, -0.2) is 4.39 Å². The van der Waals surface area contributed by atoms with Crippen molar-refractivity contribution < 1.29 is 23.4 Å². The maximum Gasteiger partial charge on any atom is 0.286 e. The maximum atomic E-state index is 14.1. The second-order valence-electron chi connectivity index (χ2n) is 7.19. The average molecular weight is 458 g/mol. The van der Waals surface area contributed by atoms with E-state index in [1.165, 1.54) is 17.8 Å². The van der Waals surface area contributed by atoms with Gasteiger partial charge in [-0.15, -0.1) is 0 Å². The lowest BCUT2D eigenvalue weighted by Gasteiger charge is -2.36. The van der Waals surface area contributed by atoms with Gasteiger partial charge in [0.2, 0.25) is 5.75 Å². The van der Waals surface area contributed by atoms with Gasteiger partial charge in [0.05, 0.1) is 31.9 Å². The molecule has 32 heavy (non-hydrogen) atoms. The molecule has 2 heterocycles. The molecule has 0 aliphatic carbocycles. The van der Waals surface area contributed by atoms with Crippen molar-refractivity contribution in [2.45, 2.75) is 0 Å². The minimum absolute atomic E-state index is 0.223. The topological polar surface area (TPSA) is 63.6 Å². The van der Waals surface area contributed by atoms with Gasteiger partial charge in [-0.2, -0.15) is 4.99 Å². The van der Waals surface area contributed by atoms with Crippen molar-refractivity contribution >= 4 is 34.6 Å². The first-order valence-corrected chi connectivity index (χ1v) is 10.9. The quantitative estimate of drug-likeness (QED) is 0.635. The van der Waals surface area contributed by atoms with E-state index in [9.17, 15) is 9.18 Å². The minimum Gasteiger partial charge on any atom is -0.493 e. The highest BCUT2D eigenvalue weighted by Crippen LogP contribution is 2.40. The highest BCUT2D eigenvalue weighted by molar-refractivity contribution is 8.18. The normalized spacial score (nSPS) is 17.6. The van der Waals surface area contributed by atoms with Crippen LogP contribution < -0.4 is 19.1 Å². The predicted molar refractivity (Wildman–Crippen MR) is 124 cm³/mol. The summed E-state index contributed by atoms with van der Waals surface area (Å²) in [4.78, 5) is 21.4. The summed E-state index contributed by atoms with van der Waals surface area (Å²) in [5, 5.41) is 0.668. The Morgan fingerprint density at radius 2 is 1.59 bits per heavy atom. The standard InChI is InChI=1S/C23H24FN3O4S/c1-29-18-12-15(13-19(30-2)21(18)31-3)14-20-22(28)25-23(32-20)27-10-8-26(9-11-27)17-7-5-4-6-16(17)24/h4-7,12-14H,8-11H2,1-3H3/b20-14-. The van der Waals surface area contributed by atoms with Gasteiger partial charge in [0.1, 0.15) is 5.82 Å². The van der Waals surface area contributed by atoms with Crippen LogP contribution in [0.2, 0.25) is 0 Å². The number of anilines is 1. The number of nitrogens with zero attached hydrogens (tertiary/aromatic N) is 3. The van der Waals surface area contributed by atoms with E-state index in [0.29, 0.717) is 59.2 Å². The van der Waals surface area contributed by atoms with E-state index in [2.05, 4.69) is 9.89 Å². The van der Waals surface area contributed by atoms with Crippen molar-refractivity contribution in [2.24, 2.45) is 4.99 Å². The molecule has 0 saturated carbocycles. The van der Waals surface area contributed by atoms with E-state index < -0.39 is 0 Å². The number of halogens is 1. The molecule has 9 heteroatoms. The number of hydrogen-bond acceptors (Lipinski definition) is 7. The molecule has 2 aliphatic heterocycles. The molecule has 0 aromatic heterocycles. The number of thioether (sulfide) groups is 1. The number of hydrogen-bond donors (Lipinski definition) is 0. The van der Waals surface area contributed by atoms with Gasteiger partial charge in [-0.3, -0.25) is 4.79 Å². The van der Waals surface area contributed by atoms with E-state index in [4.69, 9.17) is 14.2 Å². The molecule has 0 unspecified atom stereocenters. The summed E-state index contributed by atoms with van der Waals surface area (Å²) < 4.78 is 30.2. The zero-order chi connectivity index (χ0) is 22.7. The molecule has 0 radical (unpaired) electrons. The van der Waals surface area contributed by atoms with Crippen molar-refractivity contribution in [1.82, 2.24) is 4.90 Å². The number of rotatable bonds is 5. The fraction of sp³-hybridized carbons (Fsp3) is 0.304. The first-order chi connectivity index (χ1) is 15.5. The van der Waals surface area contributed by atoms with Gasteiger partial charge < -0.3 is 24.0 Å². The Hall–Kier alpha value is -3.20. The summed E-state index contributed by atoms with van der Waals surface area (Å²) in [5.74, 6) is 1.01. The average Bonchev–Trinajstić information content (AvgIpc) is 3.18. The van der Waals surface area contributed by atoms with Crippen LogP contribution in [0.3, 0.4) is 0 Å². The van der Waals surface area contributed by atoms with Crippen molar-refractivity contribution in [1.29, 1.82) is 0 Å². The summed E-state index contributed by atoms with van der Waals surface area (Å²) in [6.45, 7) is 2.62. The Bertz CT molecular complexity index is 1060. The van der Waals surface area contributed by atoms with Crippen LogP contribution in [0.25, 0.3) is 6.08 Å². The number of piperazine rings is 1. The van der Waals surface area contributed by atoms with E-state index in [0.717, 1.165) is 5.56 Å². The molecule has 0 bridgehead atoms. The fourth-order valence-corrected chi connectivity index (χ4v) is 4.68. The lowest BCUT2D eigenvalue weighted by atomic mass is 10.1. The molecule has 2 aliphatic rings. The van der Waals surface area contributed by atoms with Crippen LogP contribution in [0, 0.1) is 5.82 Å². The molecule has 1 saturated heterocycles. The maximum absolute atomic E-state index is 14.1. The third-order valence-electron chi connectivity index (χ3n) is 5.34. The van der Waals surface area contributed by atoms with Crippen LogP contribution in [-0.4, -0.2) is 63.5 Å². The molecule has 7 nitrogen and oxygen atoms in total. The molecule has 4 rings (SSSR count). The third-order valence-corrected chi connectivity index (χ3v) is 6.38. The Morgan fingerprint density at radius 1 is 0.969 bits per heavy atom. The van der Waals surface area contributed by atoms with Crippen LogP contribution in [0.4, 0.5) is 10.1 Å². The molecule has 0 spiro atoms. The first kappa shape index (κ1) is 22.0. The zero-order valence-corrected chi connectivity index (χ0v) is 18.9. The zero-order valence-electron chi connectivity index (χ0n) is 18.1. The molecular weight excluding hydrogens is 433 g/mol. The van der Waals surface area contributed by atoms with E-state index in [1.54, 1.807) is 51.7 Å². The van der Waals surface area contributed by atoms with Crippen molar-refractivity contribution in [2.75, 3.05) is 52.4 Å². The van der Waals surface area contributed by atoms with Crippen molar-refractivity contribution in [3.63, 3.8) is 0 Å². The second-order valence-corrected chi connectivity index (χ2v) is 8.20. The summed E-state index contributed by atoms with van der Waals surface area (Å²) in [6.07, 6.45) is 1.77. The van der Waals surface area contributed by atoms with Crippen LogP contribution in [-0.2, 0) is 4.79 Å². The van der Waals surface area contributed by atoms with Crippen molar-refractivity contribution in [3.8, 4) is 17.2 Å². The van der Waals surface area contributed by atoms with Crippen LogP contribution in [0.5, 0.6) is 17.2 Å². The molecule has 2 aromatic carbocycles. The van der Waals surface area contributed by atoms with Gasteiger partial charge in [0, 0.05) is 26.2 Å². The van der Waals surface area contributed by atoms with Gasteiger partial charge in [0.15, 0.2) is 16.7 Å². The van der Waals surface area contributed by atoms with Gasteiger partial charge >= 0.3 is 0 Å². The van der Waals surface area contributed by atoms with Gasteiger partial charge in [-0.05, 0) is 47.7 Å². The number of amidine groups is 1. The molecular formula is C23H24FN3O4S. The number of ether oxygens (including phenoxy) is 3. The van der Waals surface area contributed by atoms with Crippen LogP contribution >= 0.6 is 11.8 Å². The highest BCUT2D eigenvalue weighted by atomic mass is 32.2. The highest BCUT2D eigenvalue weighted by Gasteiger charge is 2.29. The van der Waals surface area contributed by atoms with Crippen molar-refractivity contribution in [3.05, 3.63) is 52.7 Å². The minimum atomic E-state index is -0.282. The monoisotopic (exact) mass is 457 g/mol. The molecule has 168 valence electrons. The molecule has 2 aromatic rings. The second kappa shape index (κ2) is 9.52. The SMILES string of the molecule is COc1cc(/C=C2\SC(N3CCN(c4ccccc4F)CC3)=NC2=O)cc(OC)c1OC. The summed E-state index contributed by atoms with van der Waals surface area (Å²) in [7, 11) is 4.64. The van der Waals surface area contributed by atoms with E-state index >= 15 is 0 Å². The Morgan fingerprint density at radius 3 is 2.19 bits per heavy atom. The number of para-hydroxylation sites is 1. The lowest BCUT2D eigenvalue weighted by Crippen LogP contribution is -2.48. The first-order valence-electron chi connectivity index (χ1n) is 10.1. The third kappa shape index (κ3) is 4.38. The number of carbonyl (C=O) groups excluding carboxylic acids is 1. The Kier molecular flexibility index (Phi) is 6.55. The van der Waals surface area contributed by atoms with Gasteiger partial charge in [0.25, 0.3) is 5.91 Å². The Labute approximate surface area is 190 Å². The van der Waals surface area contributed by atoms with Gasteiger partial charge in [-0.1, -0.05) is 12.1 Å². The lowest BCUT2D eigenvalue weighted by molar-refractivity contribution is -0.113. The Balaban J connectivity index is 1.46. The summed E-state index contributed by atoms with van der Waals surface area (Å²) in [5.41, 5.74) is 1.35. The number of benzene rings is 2. The van der Waals surface area contributed by atoms with Crippen LogP contribution in [0.15, 0.2) is 46.3 Å². The predicted octanol–water partition coefficient (Wildman–Crippen LogP) is 3.64. The fourth-order valence-electron chi connectivity index (χ4n) is 3.72. The molecule has 1 fully saturated rings. The molecule has 1 amide bonds. The molecule has 0 N–H and O–H groups in total. The molecule has 0 atom stereocenters. The van der Waals surface area contributed by atoms with E-state index in [-0.39, 0.29) is 11.7 Å².